The number of nitrogens with one attached hydrogen (secondary N) is 2. The van der Waals surface area contributed by atoms with Gasteiger partial charge in [0.25, 0.3) is 0 Å². The number of nitrogens with zero attached hydrogens (tertiary/aromatic N) is 1. The van der Waals surface area contributed by atoms with E-state index in [4.69, 9.17) is 5.41 Å². The fourth-order valence-corrected chi connectivity index (χ4v) is 0.667. The molecule has 0 radical (unpaired) electrons. The molecular weight excluding hydrogens is 368 g/mol. The van der Waals surface area contributed by atoms with Crippen molar-refractivity contribution in [3.63, 3.8) is 0 Å². The standard InChI is InChI=1S/C6H7I2N3/c7-2-5-10-3-1-4-11-6(8)9/h1-5,9-10H/b3-1-,5-2-,9-6?,11-4-. The van der Waals surface area contributed by atoms with Crippen molar-refractivity contribution in [2.75, 3.05) is 0 Å². The van der Waals surface area contributed by atoms with Crippen molar-refractivity contribution in [2.45, 2.75) is 0 Å². The maximum Gasteiger partial charge on any atom is 0.183 e. The molecule has 0 atom stereocenters. The van der Waals surface area contributed by atoms with E-state index in [2.05, 4.69) is 32.9 Å². The lowest BCUT2D eigenvalue weighted by Gasteiger charge is -1.83. The van der Waals surface area contributed by atoms with Gasteiger partial charge >= 0.3 is 0 Å². The van der Waals surface area contributed by atoms with Gasteiger partial charge in [0.1, 0.15) is 0 Å². The van der Waals surface area contributed by atoms with Crippen molar-refractivity contribution >= 4 is 55.2 Å². The lowest BCUT2D eigenvalue weighted by molar-refractivity contribution is 1.21. The van der Waals surface area contributed by atoms with Crippen LogP contribution >= 0.6 is 45.2 Å². The van der Waals surface area contributed by atoms with Gasteiger partial charge < -0.3 is 5.32 Å². The molecular formula is C6H7I2N3. The highest BCUT2D eigenvalue weighted by molar-refractivity contribution is 14.1. The molecule has 0 fully saturated rings. The topological polar surface area (TPSA) is 48.2 Å². The van der Waals surface area contributed by atoms with Crippen LogP contribution in [0, 0.1) is 5.41 Å². The number of hydrogen-bond donors (Lipinski definition) is 2. The SMILES string of the molecule is N=C(I)/N=C\C=C/N/C=C\I. The summed E-state index contributed by atoms with van der Waals surface area (Å²) in [4.78, 5) is 3.71. The molecule has 0 spiro atoms. The first-order valence-electron chi connectivity index (χ1n) is 2.72. The molecule has 2 N–H and O–H groups in total. The van der Waals surface area contributed by atoms with Gasteiger partial charge in [0.15, 0.2) is 3.84 Å². The fourth-order valence-electron chi connectivity index (χ4n) is 0.299. The molecule has 0 aromatic rings. The average molecular weight is 375 g/mol. The molecule has 3 nitrogen and oxygen atoms in total. The maximum atomic E-state index is 6.93. The summed E-state index contributed by atoms with van der Waals surface area (Å²) in [5.41, 5.74) is 0. The minimum Gasteiger partial charge on any atom is -0.367 e. The zero-order valence-electron chi connectivity index (χ0n) is 5.59. The van der Waals surface area contributed by atoms with Crippen molar-refractivity contribution in [1.82, 2.24) is 5.32 Å². The van der Waals surface area contributed by atoms with Gasteiger partial charge in [0.05, 0.1) is 0 Å². The van der Waals surface area contributed by atoms with Crippen LogP contribution in [-0.2, 0) is 0 Å². The molecule has 11 heavy (non-hydrogen) atoms. The molecule has 0 aliphatic carbocycles. The van der Waals surface area contributed by atoms with Gasteiger partial charge in [-0.15, -0.1) is 0 Å². The number of hydrogen-bond acceptors (Lipinski definition) is 2. The second-order valence-corrected chi connectivity index (χ2v) is 3.13. The Balaban J connectivity index is 3.52. The third kappa shape index (κ3) is 10.1. The Morgan fingerprint density at radius 1 is 1.45 bits per heavy atom. The molecule has 0 aromatic carbocycles. The van der Waals surface area contributed by atoms with Crippen LogP contribution in [-0.4, -0.2) is 10.1 Å². The molecule has 0 aliphatic rings. The van der Waals surface area contributed by atoms with Gasteiger partial charge in [-0.1, -0.05) is 22.6 Å². The summed E-state index contributed by atoms with van der Waals surface area (Å²) in [5, 5.41) is 9.81. The van der Waals surface area contributed by atoms with Crippen molar-refractivity contribution in [3.8, 4) is 0 Å². The molecule has 0 bridgehead atoms. The van der Waals surface area contributed by atoms with Crippen LogP contribution in [0.3, 0.4) is 0 Å². The first-order valence-corrected chi connectivity index (χ1v) is 5.04. The third-order valence-electron chi connectivity index (χ3n) is 0.626. The minimum atomic E-state index is 0.275. The predicted molar refractivity (Wildman–Crippen MR) is 65.7 cm³/mol. The average Bonchev–Trinajstić information content (AvgIpc) is 1.96. The van der Waals surface area contributed by atoms with Gasteiger partial charge in [0.2, 0.25) is 0 Å². The first-order chi connectivity index (χ1) is 5.27. The third-order valence-corrected chi connectivity index (χ3v) is 1.26. The summed E-state index contributed by atoms with van der Waals surface area (Å²) in [6.07, 6.45) is 6.81. The summed E-state index contributed by atoms with van der Waals surface area (Å²) in [5.74, 6) is 0. The highest BCUT2D eigenvalue weighted by atomic mass is 127. The first kappa shape index (κ1) is 11.1. The largest absolute Gasteiger partial charge is 0.367 e. The van der Waals surface area contributed by atoms with E-state index in [-0.39, 0.29) is 3.84 Å². The van der Waals surface area contributed by atoms with Crippen molar-refractivity contribution in [3.05, 3.63) is 22.6 Å². The van der Waals surface area contributed by atoms with E-state index in [1.807, 2.05) is 26.7 Å². The van der Waals surface area contributed by atoms with Crippen LogP contribution in [0.5, 0.6) is 0 Å². The van der Waals surface area contributed by atoms with Gasteiger partial charge in [-0.05, 0) is 10.2 Å². The van der Waals surface area contributed by atoms with E-state index in [0.717, 1.165) is 0 Å². The van der Waals surface area contributed by atoms with Crippen LogP contribution in [0.15, 0.2) is 27.6 Å². The molecule has 5 heteroatoms. The summed E-state index contributed by atoms with van der Waals surface area (Å²) >= 11 is 3.94. The number of amidine groups is 1. The molecule has 0 amide bonds. The van der Waals surface area contributed by atoms with Crippen LogP contribution in [0.1, 0.15) is 0 Å². The molecule has 60 valence electrons. The summed E-state index contributed by atoms with van der Waals surface area (Å²) in [7, 11) is 0. The summed E-state index contributed by atoms with van der Waals surface area (Å²) in [6.45, 7) is 0. The van der Waals surface area contributed by atoms with Gasteiger partial charge in [-0.3, -0.25) is 5.41 Å². The van der Waals surface area contributed by atoms with Crippen molar-refractivity contribution in [2.24, 2.45) is 4.99 Å². The van der Waals surface area contributed by atoms with E-state index in [0.29, 0.717) is 0 Å². The highest BCUT2D eigenvalue weighted by Crippen LogP contribution is 1.85. The lowest BCUT2D eigenvalue weighted by Crippen LogP contribution is -1.89. The van der Waals surface area contributed by atoms with E-state index in [1.165, 1.54) is 0 Å². The number of aliphatic imine (C=N–C) groups is 1. The minimum absolute atomic E-state index is 0.275. The molecule has 0 heterocycles. The van der Waals surface area contributed by atoms with Gasteiger partial charge in [0, 0.05) is 41.2 Å². The van der Waals surface area contributed by atoms with E-state index >= 15 is 0 Å². The summed E-state index contributed by atoms with van der Waals surface area (Å²) < 4.78 is 2.14. The van der Waals surface area contributed by atoms with Crippen LogP contribution in [0.2, 0.25) is 0 Å². The van der Waals surface area contributed by atoms with E-state index in [1.54, 1.807) is 24.7 Å². The predicted octanol–water partition coefficient (Wildman–Crippen LogP) is 2.44. The highest BCUT2D eigenvalue weighted by Gasteiger charge is 1.73. The van der Waals surface area contributed by atoms with Crippen LogP contribution in [0.25, 0.3) is 0 Å². The Bertz CT molecular complexity index is 196. The maximum absolute atomic E-state index is 6.93. The van der Waals surface area contributed by atoms with Crippen molar-refractivity contribution < 1.29 is 0 Å². The Labute approximate surface area is 92.8 Å². The molecule has 0 aromatic heterocycles. The Hall–Kier alpha value is 0.0800. The summed E-state index contributed by atoms with van der Waals surface area (Å²) in [6, 6.07) is 0. The van der Waals surface area contributed by atoms with Crippen molar-refractivity contribution in [1.29, 1.82) is 5.41 Å². The second kappa shape index (κ2) is 8.18. The zero-order chi connectivity index (χ0) is 8.53. The van der Waals surface area contributed by atoms with Gasteiger partial charge in [-0.2, -0.15) is 0 Å². The quantitative estimate of drug-likeness (QED) is 0.339. The van der Waals surface area contributed by atoms with E-state index < -0.39 is 0 Å². The van der Waals surface area contributed by atoms with Crippen LogP contribution in [0.4, 0.5) is 0 Å². The molecule has 0 saturated carbocycles. The fraction of sp³-hybridized carbons (Fsp3) is 0. The molecule has 0 saturated heterocycles. The van der Waals surface area contributed by atoms with E-state index in [9.17, 15) is 0 Å². The number of halogens is 2. The molecule has 0 rings (SSSR count). The Morgan fingerprint density at radius 2 is 2.18 bits per heavy atom. The Morgan fingerprint density at radius 3 is 2.73 bits per heavy atom. The monoisotopic (exact) mass is 375 g/mol. The smallest absolute Gasteiger partial charge is 0.183 e. The molecule has 0 aliphatic heterocycles. The number of rotatable bonds is 3. The normalized spacial score (nSPS) is 11.8. The van der Waals surface area contributed by atoms with Gasteiger partial charge in [-0.25, -0.2) is 4.99 Å². The molecule has 0 unspecified atom stereocenters. The number of allylic oxidation sites excluding steroid dienone is 1. The Kier molecular flexibility index (Phi) is 8.24. The second-order valence-electron chi connectivity index (χ2n) is 1.39. The van der Waals surface area contributed by atoms with Crippen LogP contribution < -0.4 is 5.32 Å². The lowest BCUT2D eigenvalue weighted by atomic mass is 10.6. The zero-order valence-corrected chi connectivity index (χ0v) is 9.90.